The van der Waals surface area contributed by atoms with Gasteiger partial charge >= 0.3 is 0 Å². The average molecular weight is 331 g/mol. The number of carbonyl (C=O) groups is 1. The van der Waals surface area contributed by atoms with Crippen molar-refractivity contribution in [2.75, 3.05) is 18.1 Å². The van der Waals surface area contributed by atoms with Crippen LogP contribution in [0.1, 0.15) is 30.1 Å². The monoisotopic (exact) mass is 331 g/mol. The van der Waals surface area contributed by atoms with Gasteiger partial charge < -0.3 is 4.90 Å². The Labute approximate surface area is 137 Å². The van der Waals surface area contributed by atoms with Gasteiger partial charge in [0, 0.05) is 18.2 Å². The zero-order valence-electron chi connectivity index (χ0n) is 13.2. The number of carbonyl (C=O) groups excluding carboxylic acids is 1. The van der Waals surface area contributed by atoms with Gasteiger partial charge in [0.1, 0.15) is 0 Å². The van der Waals surface area contributed by atoms with Crippen molar-refractivity contribution in [2.45, 2.75) is 25.8 Å². The number of sulfone groups is 1. The van der Waals surface area contributed by atoms with Crippen LogP contribution in [-0.2, 0) is 9.84 Å². The van der Waals surface area contributed by atoms with E-state index in [2.05, 4.69) is 0 Å². The van der Waals surface area contributed by atoms with E-state index < -0.39 is 9.84 Å². The lowest BCUT2D eigenvalue weighted by molar-refractivity contribution is 0.0697. The second-order valence-corrected chi connectivity index (χ2v) is 8.35. The predicted octanol–water partition coefficient (Wildman–Crippen LogP) is 2.88. The van der Waals surface area contributed by atoms with Crippen molar-refractivity contribution in [3.8, 4) is 0 Å². The van der Waals surface area contributed by atoms with Gasteiger partial charge in [-0.25, -0.2) is 8.42 Å². The van der Waals surface area contributed by atoms with Crippen LogP contribution in [0.25, 0.3) is 10.8 Å². The first kappa shape index (κ1) is 16.0. The SMILES string of the molecule is CCCN(C(=O)c1ccc2ccccc2c1)[C@@H]1CCS(=O)(=O)C1. The summed E-state index contributed by atoms with van der Waals surface area (Å²) in [5, 5.41) is 2.11. The van der Waals surface area contributed by atoms with E-state index in [1.54, 1.807) is 4.90 Å². The van der Waals surface area contributed by atoms with E-state index in [0.717, 1.165) is 17.2 Å². The summed E-state index contributed by atoms with van der Waals surface area (Å²) in [6.07, 6.45) is 1.36. The van der Waals surface area contributed by atoms with Crippen LogP contribution in [0.4, 0.5) is 0 Å². The summed E-state index contributed by atoms with van der Waals surface area (Å²) < 4.78 is 23.5. The Morgan fingerprint density at radius 1 is 1.17 bits per heavy atom. The summed E-state index contributed by atoms with van der Waals surface area (Å²) in [5.74, 6) is 0.203. The fourth-order valence-electron chi connectivity index (χ4n) is 3.20. The lowest BCUT2D eigenvalue weighted by Gasteiger charge is -2.28. The lowest BCUT2D eigenvalue weighted by atomic mass is 10.1. The molecule has 1 amide bonds. The van der Waals surface area contributed by atoms with Crippen molar-refractivity contribution in [3.63, 3.8) is 0 Å². The fourth-order valence-corrected chi connectivity index (χ4v) is 4.93. The van der Waals surface area contributed by atoms with Gasteiger partial charge in [-0.1, -0.05) is 37.3 Å². The van der Waals surface area contributed by atoms with Gasteiger partial charge in [-0.05, 0) is 35.7 Å². The molecule has 0 aromatic heterocycles. The van der Waals surface area contributed by atoms with Gasteiger partial charge in [0.25, 0.3) is 5.91 Å². The van der Waals surface area contributed by atoms with E-state index in [4.69, 9.17) is 0 Å². The Kier molecular flexibility index (Phi) is 4.39. The van der Waals surface area contributed by atoms with Crippen molar-refractivity contribution >= 4 is 26.5 Å². The number of nitrogens with zero attached hydrogens (tertiary/aromatic N) is 1. The molecule has 2 aromatic rings. The molecule has 0 saturated carbocycles. The Balaban J connectivity index is 1.90. The normalized spacial score (nSPS) is 19.8. The molecule has 122 valence electrons. The Morgan fingerprint density at radius 2 is 1.91 bits per heavy atom. The van der Waals surface area contributed by atoms with Gasteiger partial charge in [0.05, 0.1) is 11.5 Å². The first-order chi connectivity index (χ1) is 11.0. The summed E-state index contributed by atoms with van der Waals surface area (Å²) in [4.78, 5) is 14.7. The van der Waals surface area contributed by atoms with E-state index in [1.807, 2.05) is 49.4 Å². The average Bonchev–Trinajstić information content (AvgIpc) is 2.91. The molecule has 1 saturated heterocycles. The minimum atomic E-state index is -3.00. The van der Waals surface area contributed by atoms with E-state index in [-0.39, 0.29) is 23.5 Å². The number of amides is 1. The van der Waals surface area contributed by atoms with Crippen LogP contribution in [-0.4, -0.2) is 43.3 Å². The smallest absolute Gasteiger partial charge is 0.254 e. The second kappa shape index (κ2) is 6.32. The van der Waals surface area contributed by atoms with Gasteiger partial charge in [0.15, 0.2) is 9.84 Å². The number of hydrogen-bond acceptors (Lipinski definition) is 3. The van der Waals surface area contributed by atoms with Gasteiger partial charge in [-0.2, -0.15) is 0 Å². The summed E-state index contributed by atoms with van der Waals surface area (Å²) in [6.45, 7) is 2.59. The van der Waals surface area contributed by atoms with Crippen molar-refractivity contribution in [1.82, 2.24) is 4.90 Å². The molecule has 4 nitrogen and oxygen atoms in total. The fraction of sp³-hybridized carbons (Fsp3) is 0.389. The molecule has 0 unspecified atom stereocenters. The number of rotatable bonds is 4. The molecule has 23 heavy (non-hydrogen) atoms. The molecule has 0 bridgehead atoms. The zero-order chi connectivity index (χ0) is 16.4. The number of hydrogen-bond donors (Lipinski definition) is 0. The highest BCUT2D eigenvalue weighted by molar-refractivity contribution is 7.91. The Morgan fingerprint density at radius 3 is 2.57 bits per heavy atom. The zero-order valence-corrected chi connectivity index (χ0v) is 14.1. The highest BCUT2D eigenvalue weighted by Crippen LogP contribution is 2.22. The lowest BCUT2D eigenvalue weighted by Crippen LogP contribution is -2.41. The topological polar surface area (TPSA) is 54.5 Å². The van der Waals surface area contributed by atoms with Crippen LogP contribution in [0.3, 0.4) is 0 Å². The van der Waals surface area contributed by atoms with Crippen molar-refractivity contribution in [2.24, 2.45) is 0 Å². The van der Waals surface area contributed by atoms with Crippen molar-refractivity contribution in [1.29, 1.82) is 0 Å². The maximum Gasteiger partial charge on any atom is 0.254 e. The van der Waals surface area contributed by atoms with Crippen molar-refractivity contribution in [3.05, 3.63) is 48.0 Å². The summed E-state index contributed by atoms with van der Waals surface area (Å²) in [6, 6.07) is 13.4. The Hall–Kier alpha value is -1.88. The van der Waals surface area contributed by atoms with Gasteiger partial charge in [-0.15, -0.1) is 0 Å². The first-order valence-electron chi connectivity index (χ1n) is 8.00. The molecule has 0 spiro atoms. The highest BCUT2D eigenvalue weighted by Gasteiger charge is 2.34. The van der Waals surface area contributed by atoms with E-state index in [0.29, 0.717) is 18.5 Å². The number of fused-ring (bicyclic) bond motifs is 1. The molecular formula is C18H21NO3S. The molecule has 0 radical (unpaired) electrons. The third-order valence-corrected chi connectivity index (χ3v) is 6.12. The summed E-state index contributed by atoms with van der Waals surface area (Å²) in [7, 11) is -3.00. The summed E-state index contributed by atoms with van der Waals surface area (Å²) >= 11 is 0. The molecule has 1 fully saturated rings. The highest BCUT2D eigenvalue weighted by atomic mass is 32.2. The molecule has 3 rings (SSSR count). The molecular weight excluding hydrogens is 310 g/mol. The quantitative estimate of drug-likeness (QED) is 0.865. The maximum atomic E-state index is 12.9. The van der Waals surface area contributed by atoms with E-state index in [1.165, 1.54) is 0 Å². The van der Waals surface area contributed by atoms with Gasteiger partial charge in [-0.3, -0.25) is 4.79 Å². The van der Waals surface area contributed by atoms with E-state index >= 15 is 0 Å². The molecule has 0 N–H and O–H groups in total. The minimum Gasteiger partial charge on any atom is -0.335 e. The molecule has 0 aliphatic carbocycles. The molecule has 2 aromatic carbocycles. The summed E-state index contributed by atoms with van der Waals surface area (Å²) in [5.41, 5.74) is 0.626. The van der Waals surface area contributed by atoms with E-state index in [9.17, 15) is 13.2 Å². The van der Waals surface area contributed by atoms with Crippen LogP contribution >= 0.6 is 0 Å². The van der Waals surface area contributed by atoms with Gasteiger partial charge in [0.2, 0.25) is 0 Å². The number of benzene rings is 2. The maximum absolute atomic E-state index is 12.9. The van der Waals surface area contributed by atoms with Crippen LogP contribution in [0.15, 0.2) is 42.5 Å². The van der Waals surface area contributed by atoms with Crippen LogP contribution in [0.2, 0.25) is 0 Å². The third kappa shape index (κ3) is 3.39. The first-order valence-corrected chi connectivity index (χ1v) is 9.82. The minimum absolute atomic E-state index is 0.0697. The van der Waals surface area contributed by atoms with Crippen molar-refractivity contribution < 1.29 is 13.2 Å². The molecule has 5 heteroatoms. The second-order valence-electron chi connectivity index (χ2n) is 6.12. The van der Waals surface area contributed by atoms with Crippen LogP contribution in [0, 0.1) is 0 Å². The van der Waals surface area contributed by atoms with Crippen LogP contribution < -0.4 is 0 Å². The molecule has 1 heterocycles. The molecule has 1 aliphatic rings. The largest absolute Gasteiger partial charge is 0.335 e. The Bertz CT molecular complexity index is 829. The predicted molar refractivity (Wildman–Crippen MR) is 92.3 cm³/mol. The molecule has 1 atom stereocenters. The standard InChI is InChI=1S/C18H21NO3S/c1-2-10-19(17-9-11-23(21,22)13-17)18(20)16-8-7-14-5-3-4-6-15(14)12-16/h3-8,12,17H,2,9-11,13H2,1H3/t17-/m1/s1. The van der Waals surface area contributed by atoms with Crippen LogP contribution in [0.5, 0.6) is 0 Å². The molecule has 1 aliphatic heterocycles. The third-order valence-electron chi connectivity index (χ3n) is 4.37.